The molecule has 0 saturated heterocycles. The van der Waals surface area contributed by atoms with E-state index in [1.165, 1.54) is 11.6 Å². The zero-order chi connectivity index (χ0) is 11.5. The topological polar surface area (TPSA) is 12.0 Å². The van der Waals surface area contributed by atoms with Crippen molar-refractivity contribution in [1.82, 2.24) is 0 Å². The molecule has 1 aromatic carbocycles. The Hall–Kier alpha value is -0.870. The van der Waals surface area contributed by atoms with E-state index in [0.29, 0.717) is 4.47 Å². The van der Waals surface area contributed by atoms with E-state index in [2.05, 4.69) is 39.6 Å². The highest BCUT2D eigenvalue weighted by atomic mass is 79.9. The summed E-state index contributed by atoms with van der Waals surface area (Å²) in [6.07, 6.45) is 0. The molecule has 1 N–H and O–H groups in total. The van der Waals surface area contributed by atoms with Gasteiger partial charge in [0.15, 0.2) is 0 Å². The first-order valence-electron chi connectivity index (χ1n) is 4.90. The summed E-state index contributed by atoms with van der Waals surface area (Å²) >= 11 is 4.85. The standard InChI is InChI=1S/C12H11BrFNS/c1-8(9-4-5-16-7-9)15-10-2-3-12(14)11(13)6-10/h2-8,15H,1H3. The molecule has 0 amide bonds. The molecular weight excluding hydrogens is 289 g/mol. The van der Waals surface area contributed by atoms with Gasteiger partial charge >= 0.3 is 0 Å². The van der Waals surface area contributed by atoms with Gasteiger partial charge in [-0.25, -0.2) is 4.39 Å². The first-order valence-corrected chi connectivity index (χ1v) is 6.64. The minimum Gasteiger partial charge on any atom is -0.378 e. The Kier molecular flexibility index (Phi) is 3.61. The first kappa shape index (κ1) is 11.6. The zero-order valence-corrected chi connectivity index (χ0v) is 11.1. The summed E-state index contributed by atoms with van der Waals surface area (Å²) in [7, 11) is 0. The smallest absolute Gasteiger partial charge is 0.137 e. The van der Waals surface area contributed by atoms with Gasteiger partial charge in [0.1, 0.15) is 5.82 Å². The molecule has 84 valence electrons. The van der Waals surface area contributed by atoms with Crippen LogP contribution in [-0.2, 0) is 0 Å². The molecule has 0 fully saturated rings. The highest BCUT2D eigenvalue weighted by Crippen LogP contribution is 2.24. The average Bonchev–Trinajstić information content (AvgIpc) is 2.77. The van der Waals surface area contributed by atoms with Crippen molar-refractivity contribution in [3.63, 3.8) is 0 Å². The van der Waals surface area contributed by atoms with E-state index in [4.69, 9.17) is 0 Å². The van der Waals surface area contributed by atoms with Gasteiger partial charge in [-0.3, -0.25) is 0 Å². The third-order valence-electron chi connectivity index (χ3n) is 2.35. The maximum absolute atomic E-state index is 13.0. The van der Waals surface area contributed by atoms with E-state index in [1.54, 1.807) is 23.5 Å². The van der Waals surface area contributed by atoms with Crippen LogP contribution in [0.2, 0.25) is 0 Å². The lowest BCUT2D eigenvalue weighted by atomic mass is 10.1. The van der Waals surface area contributed by atoms with Crippen LogP contribution >= 0.6 is 27.3 Å². The molecule has 0 radical (unpaired) electrons. The Bertz CT molecular complexity index is 470. The third kappa shape index (κ3) is 2.62. The van der Waals surface area contributed by atoms with E-state index >= 15 is 0 Å². The molecule has 2 aromatic rings. The Labute approximate surface area is 106 Å². The van der Waals surface area contributed by atoms with Crippen LogP contribution in [-0.4, -0.2) is 0 Å². The molecule has 1 heterocycles. The van der Waals surface area contributed by atoms with Crippen LogP contribution < -0.4 is 5.32 Å². The van der Waals surface area contributed by atoms with E-state index in [1.807, 2.05) is 5.38 Å². The lowest BCUT2D eigenvalue weighted by Gasteiger charge is -2.14. The van der Waals surface area contributed by atoms with E-state index in [9.17, 15) is 4.39 Å². The average molecular weight is 300 g/mol. The van der Waals surface area contributed by atoms with Gasteiger partial charge in [-0.15, -0.1) is 0 Å². The third-order valence-corrected chi connectivity index (χ3v) is 3.66. The molecule has 0 bridgehead atoms. The summed E-state index contributed by atoms with van der Waals surface area (Å²) in [6.45, 7) is 2.08. The number of anilines is 1. The second kappa shape index (κ2) is 4.97. The maximum atomic E-state index is 13.0. The number of rotatable bonds is 3. The normalized spacial score (nSPS) is 12.4. The van der Waals surface area contributed by atoms with Crippen LogP contribution in [0.25, 0.3) is 0 Å². The second-order valence-corrected chi connectivity index (χ2v) is 5.19. The summed E-state index contributed by atoms with van der Waals surface area (Å²) in [5.74, 6) is -0.242. The van der Waals surface area contributed by atoms with Gasteiger partial charge in [0, 0.05) is 11.7 Å². The largest absolute Gasteiger partial charge is 0.378 e. The molecule has 0 spiro atoms. The molecule has 1 unspecified atom stereocenters. The SMILES string of the molecule is CC(Nc1ccc(F)c(Br)c1)c1ccsc1. The predicted octanol–water partition coefficient (Wildman–Crippen LogP) is 4.82. The van der Waals surface area contributed by atoms with Gasteiger partial charge in [0.05, 0.1) is 4.47 Å². The molecule has 1 aromatic heterocycles. The molecule has 0 aliphatic rings. The Morgan fingerprint density at radius 1 is 1.38 bits per heavy atom. The summed E-state index contributed by atoms with van der Waals surface area (Å²) in [5, 5.41) is 7.48. The van der Waals surface area contributed by atoms with Crippen molar-refractivity contribution in [2.75, 3.05) is 5.32 Å². The Morgan fingerprint density at radius 3 is 2.81 bits per heavy atom. The van der Waals surface area contributed by atoms with Crippen LogP contribution in [0.3, 0.4) is 0 Å². The summed E-state index contributed by atoms with van der Waals surface area (Å²) in [6, 6.07) is 7.25. The summed E-state index contributed by atoms with van der Waals surface area (Å²) in [4.78, 5) is 0. The van der Waals surface area contributed by atoms with Crippen LogP contribution in [0.4, 0.5) is 10.1 Å². The fraction of sp³-hybridized carbons (Fsp3) is 0.167. The number of hydrogen-bond acceptors (Lipinski definition) is 2. The highest BCUT2D eigenvalue weighted by molar-refractivity contribution is 9.10. The maximum Gasteiger partial charge on any atom is 0.137 e. The molecule has 2 rings (SSSR count). The van der Waals surface area contributed by atoms with Crippen LogP contribution in [0.15, 0.2) is 39.5 Å². The van der Waals surface area contributed by atoms with Crippen LogP contribution in [0.5, 0.6) is 0 Å². The molecule has 1 atom stereocenters. The van der Waals surface area contributed by atoms with Crippen molar-refractivity contribution in [1.29, 1.82) is 0 Å². The van der Waals surface area contributed by atoms with Gasteiger partial charge < -0.3 is 5.32 Å². The molecular formula is C12H11BrFNS. The zero-order valence-electron chi connectivity index (χ0n) is 8.71. The lowest BCUT2D eigenvalue weighted by molar-refractivity contribution is 0.621. The number of thiophene rings is 1. The van der Waals surface area contributed by atoms with E-state index in [0.717, 1.165) is 5.69 Å². The van der Waals surface area contributed by atoms with Gasteiger partial charge in [-0.05, 0) is 63.4 Å². The second-order valence-electron chi connectivity index (χ2n) is 3.55. The van der Waals surface area contributed by atoms with Gasteiger partial charge in [-0.2, -0.15) is 11.3 Å². The lowest BCUT2D eigenvalue weighted by Crippen LogP contribution is -2.05. The fourth-order valence-electron chi connectivity index (χ4n) is 1.44. The van der Waals surface area contributed by atoms with Crippen molar-refractivity contribution in [3.8, 4) is 0 Å². The first-order chi connectivity index (χ1) is 7.66. The summed E-state index contributed by atoms with van der Waals surface area (Å²) < 4.78 is 13.5. The Morgan fingerprint density at radius 2 is 2.19 bits per heavy atom. The van der Waals surface area contributed by atoms with Gasteiger partial charge in [-0.1, -0.05) is 0 Å². The molecule has 0 aliphatic heterocycles. The minimum atomic E-state index is -0.242. The number of nitrogens with one attached hydrogen (secondary N) is 1. The number of benzene rings is 1. The van der Waals surface area contributed by atoms with Crippen molar-refractivity contribution < 1.29 is 4.39 Å². The fourth-order valence-corrected chi connectivity index (χ4v) is 2.57. The molecule has 1 nitrogen and oxygen atoms in total. The van der Waals surface area contributed by atoms with Crippen molar-refractivity contribution in [2.24, 2.45) is 0 Å². The van der Waals surface area contributed by atoms with Crippen molar-refractivity contribution in [3.05, 3.63) is 50.9 Å². The quantitative estimate of drug-likeness (QED) is 0.856. The monoisotopic (exact) mass is 299 g/mol. The van der Waals surface area contributed by atoms with E-state index in [-0.39, 0.29) is 11.9 Å². The van der Waals surface area contributed by atoms with Gasteiger partial charge in [0.2, 0.25) is 0 Å². The molecule has 16 heavy (non-hydrogen) atoms. The minimum absolute atomic E-state index is 0.226. The van der Waals surface area contributed by atoms with Crippen molar-refractivity contribution >= 4 is 33.0 Å². The Balaban J connectivity index is 2.12. The predicted molar refractivity (Wildman–Crippen MR) is 70.5 cm³/mol. The van der Waals surface area contributed by atoms with Crippen LogP contribution in [0, 0.1) is 5.82 Å². The summed E-state index contributed by atoms with van der Waals surface area (Å²) in [5.41, 5.74) is 2.15. The van der Waals surface area contributed by atoms with E-state index < -0.39 is 0 Å². The molecule has 0 saturated carbocycles. The molecule has 0 aliphatic carbocycles. The van der Waals surface area contributed by atoms with Crippen LogP contribution in [0.1, 0.15) is 18.5 Å². The number of hydrogen-bond donors (Lipinski definition) is 1. The number of halogens is 2. The highest BCUT2D eigenvalue weighted by Gasteiger charge is 2.06. The molecule has 4 heteroatoms. The van der Waals surface area contributed by atoms with Crippen molar-refractivity contribution in [2.45, 2.75) is 13.0 Å². The van der Waals surface area contributed by atoms with Gasteiger partial charge in [0.25, 0.3) is 0 Å².